The van der Waals surface area contributed by atoms with Gasteiger partial charge in [-0.2, -0.15) is 0 Å². The summed E-state index contributed by atoms with van der Waals surface area (Å²) in [5, 5.41) is 9.14. The summed E-state index contributed by atoms with van der Waals surface area (Å²) in [4.78, 5) is 5.17. The van der Waals surface area contributed by atoms with Crippen molar-refractivity contribution >= 4 is 17.1 Å². The van der Waals surface area contributed by atoms with Gasteiger partial charge < -0.3 is 5.41 Å². The minimum atomic E-state index is 0.410. The Morgan fingerprint density at radius 1 is 0.442 bits per heavy atom. The molecule has 6 aromatic carbocycles. The van der Waals surface area contributed by atoms with E-state index in [-0.39, 0.29) is 0 Å². The first-order valence-electron chi connectivity index (χ1n) is 14.5. The van der Waals surface area contributed by atoms with Gasteiger partial charge >= 0.3 is 0 Å². The van der Waals surface area contributed by atoms with Gasteiger partial charge in [0.2, 0.25) is 0 Å². The topological polar surface area (TPSA) is 36.2 Å². The fourth-order valence-corrected chi connectivity index (χ4v) is 5.19. The van der Waals surface area contributed by atoms with Crippen molar-refractivity contribution in [2.24, 2.45) is 4.99 Å². The molecule has 6 aromatic rings. The highest BCUT2D eigenvalue weighted by Crippen LogP contribution is 2.27. The highest BCUT2D eigenvalue weighted by molar-refractivity contribution is 6.12. The second kappa shape index (κ2) is 12.9. The lowest BCUT2D eigenvalue weighted by molar-refractivity contribution is 1.44. The maximum atomic E-state index is 9.14. The summed E-state index contributed by atoms with van der Waals surface area (Å²) in [6, 6.07) is 56.1. The number of aliphatic imine (C=N–C) groups is 1. The monoisotopic (exact) mass is 552 g/mol. The van der Waals surface area contributed by atoms with Crippen LogP contribution in [0.1, 0.15) is 23.6 Å². The summed E-state index contributed by atoms with van der Waals surface area (Å²) in [6.07, 6.45) is 1.89. The van der Waals surface area contributed by atoms with Gasteiger partial charge in [-0.1, -0.05) is 146 Å². The van der Waals surface area contributed by atoms with Crippen molar-refractivity contribution in [1.29, 1.82) is 5.41 Å². The fourth-order valence-electron chi connectivity index (χ4n) is 5.19. The lowest BCUT2D eigenvalue weighted by atomic mass is 9.98. The van der Waals surface area contributed by atoms with Crippen LogP contribution < -0.4 is 0 Å². The van der Waals surface area contributed by atoms with E-state index in [4.69, 9.17) is 10.4 Å². The van der Waals surface area contributed by atoms with Crippen LogP contribution in [0.15, 0.2) is 175 Å². The first-order chi connectivity index (χ1) is 21.1. The zero-order valence-electron chi connectivity index (χ0n) is 24.1. The molecule has 2 nitrogen and oxygen atoms in total. The molecule has 1 N–H and O–H groups in total. The Morgan fingerprint density at radius 3 is 1.30 bits per heavy atom. The largest absolute Gasteiger partial charge is 0.300 e. The molecule has 6 rings (SSSR count). The molecule has 0 aliphatic rings. The standard InChI is InChI=1S/C41H32N2/c1-30(34-20-11-21-35(26-34)31-14-5-2-6-15-31)43-41(39-25-13-23-37(28-39)33-18-9-4-10-19-33)29-40(42)38-24-12-22-36(27-38)32-16-7-3-8-17-32/h2-29,42H,1H3/b41-29-,42-40?,43-30+. The number of nitrogens with one attached hydrogen (secondary N) is 1. The molecule has 43 heavy (non-hydrogen) atoms. The molecule has 0 unspecified atom stereocenters. The lowest BCUT2D eigenvalue weighted by Crippen LogP contribution is -2.00. The van der Waals surface area contributed by atoms with Gasteiger partial charge in [0.15, 0.2) is 0 Å². The lowest BCUT2D eigenvalue weighted by Gasteiger charge is -2.11. The first kappa shape index (κ1) is 27.6. The van der Waals surface area contributed by atoms with E-state index >= 15 is 0 Å². The average Bonchev–Trinajstić information content (AvgIpc) is 3.09. The van der Waals surface area contributed by atoms with Crippen LogP contribution in [0, 0.1) is 5.41 Å². The molecule has 0 atom stereocenters. The number of hydrogen-bond acceptors (Lipinski definition) is 2. The zero-order chi connectivity index (χ0) is 29.4. The fraction of sp³-hybridized carbons (Fsp3) is 0.0244. The highest BCUT2D eigenvalue weighted by atomic mass is 14.8. The van der Waals surface area contributed by atoms with E-state index in [9.17, 15) is 0 Å². The second-order valence-corrected chi connectivity index (χ2v) is 10.5. The van der Waals surface area contributed by atoms with Crippen LogP contribution in [0.4, 0.5) is 0 Å². The van der Waals surface area contributed by atoms with Crippen molar-refractivity contribution in [3.63, 3.8) is 0 Å². The smallest absolute Gasteiger partial charge is 0.0727 e. The third kappa shape index (κ3) is 6.66. The normalized spacial score (nSPS) is 11.7. The van der Waals surface area contributed by atoms with Gasteiger partial charge in [-0.05, 0) is 70.1 Å². The van der Waals surface area contributed by atoms with Crippen LogP contribution in [0.5, 0.6) is 0 Å². The number of nitrogens with zero attached hydrogens (tertiary/aromatic N) is 1. The third-order valence-electron chi connectivity index (χ3n) is 7.50. The van der Waals surface area contributed by atoms with E-state index in [0.717, 1.165) is 55.9 Å². The van der Waals surface area contributed by atoms with Crippen LogP contribution in [-0.4, -0.2) is 11.4 Å². The molecule has 0 saturated heterocycles. The van der Waals surface area contributed by atoms with E-state index in [1.165, 1.54) is 5.56 Å². The predicted octanol–water partition coefficient (Wildman–Crippen LogP) is 10.6. The van der Waals surface area contributed by atoms with E-state index in [1.807, 2.05) is 55.5 Å². The molecule has 0 saturated carbocycles. The molecule has 0 aromatic heterocycles. The zero-order valence-corrected chi connectivity index (χ0v) is 24.1. The van der Waals surface area contributed by atoms with Crippen LogP contribution in [0.25, 0.3) is 39.1 Å². The third-order valence-corrected chi connectivity index (χ3v) is 7.50. The maximum absolute atomic E-state index is 9.14. The van der Waals surface area contributed by atoms with Crippen molar-refractivity contribution in [2.45, 2.75) is 6.92 Å². The minimum Gasteiger partial charge on any atom is -0.300 e. The highest BCUT2D eigenvalue weighted by Gasteiger charge is 2.10. The van der Waals surface area contributed by atoms with E-state index < -0.39 is 0 Å². The van der Waals surface area contributed by atoms with Gasteiger partial charge in [-0.3, -0.25) is 4.99 Å². The summed E-state index contributed by atoms with van der Waals surface area (Å²) in [5.74, 6) is 0. The second-order valence-electron chi connectivity index (χ2n) is 10.5. The van der Waals surface area contributed by atoms with Crippen molar-refractivity contribution in [3.8, 4) is 33.4 Å². The van der Waals surface area contributed by atoms with Gasteiger partial charge in [0.25, 0.3) is 0 Å². The Bertz CT molecular complexity index is 1920. The summed E-state index contributed by atoms with van der Waals surface area (Å²) in [7, 11) is 0. The van der Waals surface area contributed by atoms with Gasteiger partial charge in [0.1, 0.15) is 0 Å². The Morgan fingerprint density at radius 2 is 0.814 bits per heavy atom. The number of hydrogen-bond donors (Lipinski definition) is 1. The molecule has 0 fully saturated rings. The van der Waals surface area contributed by atoms with Crippen molar-refractivity contribution in [1.82, 2.24) is 0 Å². The Hall–Kier alpha value is -5.60. The molecular formula is C41H32N2. The molecule has 0 aliphatic carbocycles. The average molecular weight is 553 g/mol. The van der Waals surface area contributed by atoms with Crippen LogP contribution in [0.3, 0.4) is 0 Å². The predicted molar refractivity (Wildman–Crippen MR) is 183 cm³/mol. The van der Waals surface area contributed by atoms with Gasteiger partial charge in [0, 0.05) is 16.8 Å². The Balaban J connectivity index is 1.42. The molecule has 0 radical (unpaired) electrons. The van der Waals surface area contributed by atoms with E-state index in [1.54, 1.807) is 0 Å². The number of benzene rings is 6. The van der Waals surface area contributed by atoms with Gasteiger partial charge in [-0.15, -0.1) is 0 Å². The summed E-state index contributed by atoms with van der Waals surface area (Å²) >= 11 is 0. The maximum Gasteiger partial charge on any atom is 0.0727 e. The van der Waals surface area contributed by atoms with Crippen LogP contribution in [-0.2, 0) is 0 Å². The minimum absolute atomic E-state index is 0.410. The van der Waals surface area contributed by atoms with Crippen LogP contribution >= 0.6 is 0 Å². The van der Waals surface area contributed by atoms with Crippen molar-refractivity contribution < 1.29 is 0 Å². The number of rotatable bonds is 8. The van der Waals surface area contributed by atoms with Crippen LogP contribution in [0.2, 0.25) is 0 Å². The molecule has 0 spiro atoms. The van der Waals surface area contributed by atoms with E-state index in [2.05, 4.69) is 121 Å². The molecule has 0 amide bonds. The molecular weight excluding hydrogens is 520 g/mol. The summed E-state index contributed by atoms with van der Waals surface area (Å²) < 4.78 is 0. The molecule has 2 heteroatoms. The summed E-state index contributed by atoms with van der Waals surface area (Å²) in [6.45, 7) is 2.04. The Kier molecular flexibility index (Phi) is 8.29. The SMILES string of the molecule is C/C(=N\C(=C/C(=N)c1cccc(-c2ccccc2)c1)c1cccc(-c2ccccc2)c1)c1cccc(-c2ccccc2)c1. The first-order valence-corrected chi connectivity index (χ1v) is 14.5. The summed E-state index contributed by atoms with van der Waals surface area (Å²) in [5.41, 5.74) is 11.7. The van der Waals surface area contributed by atoms with Gasteiger partial charge in [0.05, 0.1) is 11.4 Å². The molecule has 0 heterocycles. The molecule has 0 aliphatic heterocycles. The van der Waals surface area contributed by atoms with Gasteiger partial charge in [-0.25, -0.2) is 0 Å². The van der Waals surface area contributed by atoms with Crippen molar-refractivity contribution in [2.75, 3.05) is 0 Å². The Labute approximate surface area is 253 Å². The van der Waals surface area contributed by atoms with Crippen molar-refractivity contribution in [3.05, 3.63) is 187 Å². The molecule has 206 valence electrons. The van der Waals surface area contributed by atoms with E-state index in [0.29, 0.717) is 5.71 Å². The quantitative estimate of drug-likeness (QED) is 0.182. The molecule has 0 bridgehead atoms. The number of allylic oxidation sites excluding steroid dienone is 1.